The zero-order valence-electron chi connectivity index (χ0n) is 11.0. The number of hydrogen-bond donors (Lipinski definition) is 2. The van der Waals surface area contributed by atoms with Crippen molar-refractivity contribution in [3.63, 3.8) is 0 Å². The summed E-state index contributed by atoms with van der Waals surface area (Å²) >= 11 is 1.14. The molecule has 21 heavy (non-hydrogen) atoms. The Balaban J connectivity index is 2.40. The first-order chi connectivity index (χ1) is 10.2. The molecule has 110 valence electrons. The van der Waals surface area contributed by atoms with Crippen molar-refractivity contribution in [3.05, 3.63) is 71.8 Å². The first kappa shape index (κ1) is 16.1. The molecule has 0 spiro atoms. The van der Waals surface area contributed by atoms with Crippen LogP contribution in [0.4, 0.5) is 0 Å². The Morgan fingerprint density at radius 2 is 1.33 bits per heavy atom. The predicted molar refractivity (Wildman–Crippen MR) is 90.8 cm³/mol. The largest absolute Gasteiger partial charge is 0.408 e. The van der Waals surface area contributed by atoms with Crippen LogP contribution in [0.15, 0.2) is 65.8 Å². The van der Waals surface area contributed by atoms with E-state index < -0.39 is 5.77 Å². The van der Waals surface area contributed by atoms with Gasteiger partial charge in [-0.1, -0.05) is 65.8 Å². The fourth-order valence-corrected chi connectivity index (χ4v) is 2.95. The minimum atomic E-state index is -3.27. The van der Waals surface area contributed by atoms with Crippen molar-refractivity contribution in [2.45, 2.75) is 0 Å². The van der Waals surface area contributed by atoms with Gasteiger partial charge >= 0.3 is 5.77 Å². The summed E-state index contributed by atoms with van der Waals surface area (Å²) in [5, 5.41) is 14.7. The van der Waals surface area contributed by atoms with E-state index in [4.69, 9.17) is 14.9 Å². The summed E-state index contributed by atoms with van der Waals surface area (Å²) < 4.78 is 17.2. The van der Waals surface area contributed by atoms with Crippen LogP contribution in [0.2, 0.25) is 0 Å². The summed E-state index contributed by atoms with van der Waals surface area (Å²) in [4.78, 5) is 0. The number of hydrogen-bond acceptors (Lipinski definition) is 7. The molecule has 0 atom stereocenters. The van der Waals surface area contributed by atoms with Gasteiger partial charge in [0.25, 0.3) is 0 Å². The van der Waals surface area contributed by atoms with Gasteiger partial charge < -0.3 is 4.62 Å². The van der Waals surface area contributed by atoms with Crippen molar-refractivity contribution in [1.29, 1.82) is 0 Å². The van der Waals surface area contributed by atoms with Gasteiger partial charge in [-0.05, 0) is 0 Å². The minimum Gasteiger partial charge on any atom is -0.317 e. The van der Waals surface area contributed by atoms with Crippen molar-refractivity contribution in [2.75, 3.05) is 0 Å². The van der Waals surface area contributed by atoms with Crippen LogP contribution in [-0.4, -0.2) is 5.71 Å². The van der Waals surface area contributed by atoms with Gasteiger partial charge in [0.1, 0.15) is 5.71 Å². The molecule has 5 nitrogen and oxygen atoms in total. The highest BCUT2D eigenvalue weighted by Gasteiger charge is 2.24. The van der Waals surface area contributed by atoms with Gasteiger partial charge in [-0.15, -0.1) is 0 Å². The average molecular weight is 339 g/mol. The number of benzene rings is 2. The second-order valence-corrected chi connectivity index (χ2v) is 10.2. The van der Waals surface area contributed by atoms with Crippen molar-refractivity contribution >= 4 is 34.6 Å². The van der Waals surface area contributed by atoms with Crippen LogP contribution in [0.5, 0.6) is 0 Å². The normalized spacial score (nSPS) is 11.0. The van der Waals surface area contributed by atoms with E-state index >= 15 is 0 Å². The van der Waals surface area contributed by atoms with E-state index in [2.05, 4.69) is 5.16 Å². The predicted octanol–water partition coefficient (Wildman–Crippen LogP) is 3.78. The highest BCUT2D eigenvalue weighted by Crippen LogP contribution is 2.65. The summed E-state index contributed by atoms with van der Waals surface area (Å²) in [7, 11) is 0. The van der Waals surface area contributed by atoms with Gasteiger partial charge in [0.05, 0.1) is 0 Å². The lowest BCUT2D eigenvalue weighted by atomic mass is 10.0. The molecule has 0 unspecified atom stereocenters. The zero-order chi connectivity index (χ0) is 15.1. The average Bonchev–Trinajstić information content (AvgIpc) is 2.57. The number of nitrogens with two attached hydrogens (primary N) is 2. The van der Waals surface area contributed by atoms with E-state index in [1.807, 2.05) is 60.7 Å². The highest BCUT2D eigenvalue weighted by atomic mass is 33.1. The Kier molecular flexibility index (Phi) is 5.90. The van der Waals surface area contributed by atoms with Crippen LogP contribution in [0.25, 0.3) is 0 Å². The molecule has 0 bridgehead atoms. The maximum Gasteiger partial charge on any atom is 0.408 e. The van der Waals surface area contributed by atoms with Gasteiger partial charge in [0, 0.05) is 34.3 Å². The molecule has 0 aromatic heterocycles. The molecular weight excluding hydrogens is 325 g/mol. The van der Waals surface area contributed by atoms with Crippen molar-refractivity contribution in [3.8, 4) is 0 Å². The lowest BCUT2D eigenvalue weighted by Gasteiger charge is -2.11. The molecule has 0 saturated heterocycles. The molecule has 0 aliphatic rings. The molecule has 0 radical (unpaired) electrons. The van der Waals surface area contributed by atoms with Gasteiger partial charge in [0.2, 0.25) is 0 Å². The van der Waals surface area contributed by atoms with Gasteiger partial charge in [0.15, 0.2) is 0 Å². The van der Waals surface area contributed by atoms with E-state index in [1.165, 1.54) is 0 Å². The Labute approximate surface area is 131 Å². The van der Waals surface area contributed by atoms with Crippen molar-refractivity contribution in [2.24, 2.45) is 15.4 Å². The van der Waals surface area contributed by atoms with E-state index in [9.17, 15) is 4.57 Å². The first-order valence-electron chi connectivity index (χ1n) is 5.93. The third-order valence-corrected chi connectivity index (χ3v) is 6.88. The number of rotatable bonds is 6. The first-order valence-corrected chi connectivity index (χ1v) is 10.5. The minimum absolute atomic E-state index is 0.569. The molecule has 0 aliphatic carbocycles. The van der Waals surface area contributed by atoms with E-state index in [0.29, 0.717) is 28.8 Å². The Bertz CT molecular complexity index is 603. The molecular formula is C13H14N3O2PS2. The topological polar surface area (TPSA) is 90.7 Å². The lowest BCUT2D eigenvalue weighted by Crippen LogP contribution is -2.03. The monoisotopic (exact) mass is 339 g/mol. The second kappa shape index (κ2) is 7.68. The van der Waals surface area contributed by atoms with Crippen molar-refractivity contribution < 1.29 is 9.19 Å². The van der Waals surface area contributed by atoms with Gasteiger partial charge in [-0.2, -0.15) is 0 Å². The molecule has 8 heteroatoms. The molecule has 2 aromatic carbocycles. The highest BCUT2D eigenvalue weighted by molar-refractivity contribution is 8.88. The van der Waals surface area contributed by atoms with Crippen LogP contribution in [0.1, 0.15) is 11.1 Å². The molecule has 2 aromatic rings. The summed E-state index contributed by atoms with van der Waals surface area (Å²) in [6.45, 7) is 0. The van der Waals surface area contributed by atoms with E-state index in [0.717, 1.165) is 11.1 Å². The number of oxime groups is 1. The fourth-order valence-electron chi connectivity index (χ4n) is 1.62. The van der Waals surface area contributed by atoms with Crippen LogP contribution >= 0.6 is 28.9 Å². The molecule has 0 amide bonds. The SMILES string of the molecule is NSP(=O)(ON=C(c1ccccc1)c1ccccc1)SN. The third kappa shape index (κ3) is 4.36. The quantitative estimate of drug-likeness (QED) is 0.360. The summed E-state index contributed by atoms with van der Waals surface area (Å²) in [5.74, 6) is -3.27. The van der Waals surface area contributed by atoms with E-state index in [-0.39, 0.29) is 0 Å². The van der Waals surface area contributed by atoms with Crippen LogP contribution in [0, 0.1) is 0 Å². The molecule has 4 N–H and O–H groups in total. The molecule has 0 fully saturated rings. The summed E-state index contributed by atoms with van der Waals surface area (Å²) in [6, 6.07) is 19.0. The fraction of sp³-hybridized carbons (Fsp3) is 0. The Morgan fingerprint density at radius 3 is 1.71 bits per heavy atom. The van der Waals surface area contributed by atoms with Gasteiger partial charge in [-0.25, -0.2) is 4.57 Å². The number of nitrogens with zero attached hydrogens (tertiary/aromatic N) is 1. The summed E-state index contributed by atoms with van der Waals surface area (Å²) in [5.41, 5.74) is 2.26. The second-order valence-electron chi connectivity index (χ2n) is 3.91. The Hall–Kier alpha value is -1.24. The van der Waals surface area contributed by atoms with Crippen LogP contribution < -0.4 is 10.3 Å². The smallest absolute Gasteiger partial charge is 0.317 e. The summed E-state index contributed by atoms with van der Waals surface area (Å²) in [6.07, 6.45) is 0. The molecule has 0 saturated carbocycles. The standard InChI is InChI=1S/C13H14N3O2PS2/c14-20-19(17,21-15)18-16-13(11-7-3-1-4-8-11)12-9-5-2-6-10-12/h1-10H,14-15H2. The van der Waals surface area contributed by atoms with E-state index in [1.54, 1.807) is 0 Å². The molecule has 0 aliphatic heterocycles. The zero-order valence-corrected chi connectivity index (χ0v) is 13.5. The maximum absolute atomic E-state index is 12.1. The van der Waals surface area contributed by atoms with Gasteiger partial charge in [-0.3, -0.25) is 10.3 Å². The lowest BCUT2D eigenvalue weighted by molar-refractivity contribution is 0.359. The van der Waals surface area contributed by atoms with Crippen LogP contribution in [-0.2, 0) is 9.19 Å². The Morgan fingerprint density at radius 1 is 0.905 bits per heavy atom. The van der Waals surface area contributed by atoms with Crippen LogP contribution in [0.3, 0.4) is 0 Å². The molecule has 2 rings (SSSR count). The third-order valence-electron chi connectivity index (χ3n) is 2.58. The van der Waals surface area contributed by atoms with Crippen molar-refractivity contribution in [1.82, 2.24) is 0 Å². The maximum atomic E-state index is 12.1. The molecule has 0 heterocycles.